The van der Waals surface area contributed by atoms with Crippen LogP contribution in [0.5, 0.6) is 5.75 Å². The molecule has 1 aliphatic rings. The van der Waals surface area contributed by atoms with Crippen molar-refractivity contribution in [2.45, 2.75) is 6.10 Å². The van der Waals surface area contributed by atoms with Crippen molar-refractivity contribution in [1.29, 1.82) is 0 Å². The van der Waals surface area contributed by atoms with E-state index in [0.29, 0.717) is 31.0 Å². The van der Waals surface area contributed by atoms with Gasteiger partial charge in [-0.15, -0.1) is 0 Å². The number of para-hydroxylation sites is 2. The average molecular weight is 363 g/mol. The van der Waals surface area contributed by atoms with E-state index in [-0.39, 0.29) is 12.0 Å². The van der Waals surface area contributed by atoms with Gasteiger partial charge in [0, 0.05) is 12.7 Å². The number of hydrogen-bond donors (Lipinski definition) is 0. The maximum atomic E-state index is 13.0. The fourth-order valence-electron chi connectivity index (χ4n) is 3.27. The van der Waals surface area contributed by atoms with E-state index in [0.717, 1.165) is 11.3 Å². The zero-order chi connectivity index (χ0) is 18.6. The minimum absolute atomic E-state index is 0.0413. The lowest BCUT2D eigenvalue weighted by molar-refractivity contribution is -0.0228. The van der Waals surface area contributed by atoms with Gasteiger partial charge in [0.2, 0.25) is 0 Å². The molecule has 1 amide bonds. The molecule has 0 unspecified atom stereocenters. The van der Waals surface area contributed by atoms with Crippen LogP contribution in [-0.4, -0.2) is 47.4 Å². The molecule has 4 rings (SSSR count). The van der Waals surface area contributed by atoms with Crippen molar-refractivity contribution < 1.29 is 14.3 Å². The summed E-state index contributed by atoms with van der Waals surface area (Å²) in [5, 5.41) is 4.35. The lowest BCUT2D eigenvalue weighted by atomic mass is 10.1. The Bertz CT molecular complexity index is 923. The number of aromatic nitrogens is 2. The van der Waals surface area contributed by atoms with E-state index in [1.165, 1.54) is 0 Å². The zero-order valence-corrected chi connectivity index (χ0v) is 15.1. The van der Waals surface area contributed by atoms with Gasteiger partial charge in [0.1, 0.15) is 17.5 Å². The summed E-state index contributed by atoms with van der Waals surface area (Å²) in [7, 11) is 1.62. The first-order valence-electron chi connectivity index (χ1n) is 8.90. The largest absolute Gasteiger partial charge is 0.494 e. The van der Waals surface area contributed by atoms with Crippen LogP contribution in [0.25, 0.3) is 5.69 Å². The first-order chi connectivity index (χ1) is 13.3. The summed E-state index contributed by atoms with van der Waals surface area (Å²) >= 11 is 0. The van der Waals surface area contributed by atoms with E-state index >= 15 is 0 Å². The van der Waals surface area contributed by atoms with Gasteiger partial charge >= 0.3 is 0 Å². The molecule has 0 radical (unpaired) electrons. The Labute approximate surface area is 157 Å². The molecule has 1 aromatic heterocycles. The van der Waals surface area contributed by atoms with Gasteiger partial charge in [-0.2, -0.15) is 5.10 Å². The van der Waals surface area contributed by atoms with Crippen LogP contribution in [0.15, 0.2) is 67.0 Å². The maximum absolute atomic E-state index is 13.0. The minimum atomic E-state index is -0.104. The number of methoxy groups -OCH3 is 1. The minimum Gasteiger partial charge on any atom is -0.494 e. The molecule has 0 spiro atoms. The van der Waals surface area contributed by atoms with E-state index in [2.05, 4.69) is 5.10 Å². The van der Waals surface area contributed by atoms with Crippen LogP contribution in [-0.2, 0) is 4.74 Å². The number of carbonyl (C=O) groups excluding carboxylic acids is 1. The smallest absolute Gasteiger partial charge is 0.257 e. The Morgan fingerprint density at radius 1 is 1.15 bits per heavy atom. The Balaban J connectivity index is 1.52. The topological polar surface area (TPSA) is 56.6 Å². The molecule has 0 N–H and O–H groups in total. The van der Waals surface area contributed by atoms with Gasteiger partial charge in [0.15, 0.2) is 0 Å². The Morgan fingerprint density at radius 3 is 2.74 bits per heavy atom. The number of benzene rings is 2. The Kier molecular flexibility index (Phi) is 4.89. The Morgan fingerprint density at radius 2 is 1.93 bits per heavy atom. The average Bonchev–Trinajstić information content (AvgIpc) is 3.24. The fraction of sp³-hybridized carbons (Fsp3) is 0.238. The Hall–Kier alpha value is -3.12. The summed E-state index contributed by atoms with van der Waals surface area (Å²) in [5.74, 6) is 0.662. The normalized spacial score (nSPS) is 16.9. The van der Waals surface area contributed by atoms with Crippen molar-refractivity contribution in [2.24, 2.45) is 0 Å². The standard InChI is InChI=1S/C21H21N3O3/c1-26-19-10-6-5-9-18(19)24-14-17(13-22-24)21(25)23-11-12-27-20(15-23)16-7-3-2-4-8-16/h2-10,13-14,20H,11-12,15H2,1H3/t20-/m1/s1. The zero-order valence-electron chi connectivity index (χ0n) is 15.1. The van der Waals surface area contributed by atoms with Crippen molar-refractivity contribution in [3.8, 4) is 11.4 Å². The highest BCUT2D eigenvalue weighted by Crippen LogP contribution is 2.24. The molecule has 138 valence electrons. The second-order valence-electron chi connectivity index (χ2n) is 6.37. The van der Waals surface area contributed by atoms with Gasteiger partial charge in [-0.25, -0.2) is 4.68 Å². The number of rotatable bonds is 4. The second-order valence-corrected chi connectivity index (χ2v) is 6.37. The third kappa shape index (κ3) is 3.57. The summed E-state index contributed by atoms with van der Waals surface area (Å²) < 4.78 is 12.9. The fourth-order valence-corrected chi connectivity index (χ4v) is 3.27. The molecule has 6 nitrogen and oxygen atoms in total. The molecule has 27 heavy (non-hydrogen) atoms. The van der Waals surface area contributed by atoms with E-state index in [1.807, 2.05) is 59.5 Å². The van der Waals surface area contributed by atoms with Crippen LogP contribution < -0.4 is 4.74 Å². The molecular weight excluding hydrogens is 342 g/mol. The third-order valence-corrected chi connectivity index (χ3v) is 4.69. The van der Waals surface area contributed by atoms with E-state index in [4.69, 9.17) is 9.47 Å². The molecule has 1 atom stereocenters. The highest BCUT2D eigenvalue weighted by atomic mass is 16.5. The van der Waals surface area contributed by atoms with Crippen LogP contribution in [0, 0.1) is 0 Å². The van der Waals surface area contributed by atoms with Crippen molar-refractivity contribution in [2.75, 3.05) is 26.8 Å². The summed E-state index contributed by atoms with van der Waals surface area (Å²) in [6.45, 7) is 1.62. The summed E-state index contributed by atoms with van der Waals surface area (Å²) in [6, 6.07) is 17.6. The third-order valence-electron chi connectivity index (χ3n) is 4.69. The summed E-state index contributed by atoms with van der Waals surface area (Å²) in [5.41, 5.74) is 2.43. The predicted molar refractivity (Wildman–Crippen MR) is 101 cm³/mol. The van der Waals surface area contributed by atoms with Gasteiger partial charge in [-0.1, -0.05) is 42.5 Å². The molecule has 2 heterocycles. The quantitative estimate of drug-likeness (QED) is 0.715. The first-order valence-corrected chi connectivity index (χ1v) is 8.90. The van der Waals surface area contributed by atoms with Crippen LogP contribution in [0.1, 0.15) is 22.0 Å². The van der Waals surface area contributed by atoms with Gasteiger partial charge < -0.3 is 14.4 Å². The summed E-state index contributed by atoms with van der Waals surface area (Å²) in [6.07, 6.45) is 3.24. The molecule has 0 saturated carbocycles. The number of hydrogen-bond acceptors (Lipinski definition) is 4. The molecule has 0 bridgehead atoms. The van der Waals surface area contributed by atoms with E-state index < -0.39 is 0 Å². The molecule has 1 aliphatic heterocycles. The van der Waals surface area contributed by atoms with Gasteiger partial charge in [-0.05, 0) is 17.7 Å². The number of nitrogens with zero attached hydrogens (tertiary/aromatic N) is 3. The number of carbonyl (C=O) groups is 1. The van der Waals surface area contributed by atoms with Crippen LogP contribution in [0.2, 0.25) is 0 Å². The van der Waals surface area contributed by atoms with Gasteiger partial charge in [-0.3, -0.25) is 4.79 Å². The first kappa shape index (κ1) is 17.3. The van der Waals surface area contributed by atoms with Gasteiger partial charge in [0.05, 0.1) is 32.0 Å². The monoisotopic (exact) mass is 363 g/mol. The molecule has 3 aromatic rings. The number of amides is 1. The maximum Gasteiger partial charge on any atom is 0.257 e. The predicted octanol–water partition coefficient (Wildman–Crippen LogP) is 3.09. The lowest BCUT2D eigenvalue weighted by Gasteiger charge is -2.33. The number of ether oxygens (including phenoxy) is 2. The van der Waals surface area contributed by atoms with Crippen molar-refractivity contribution >= 4 is 5.91 Å². The highest BCUT2D eigenvalue weighted by molar-refractivity contribution is 5.94. The lowest BCUT2D eigenvalue weighted by Crippen LogP contribution is -2.42. The van der Waals surface area contributed by atoms with Gasteiger partial charge in [0.25, 0.3) is 5.91 Å². The molecule has 2 aromatic carbocycles. The van der Waals surface area contributed by atoms with Crippen molar-refractivity contribution in [1.82, 2.24) is 14.7 Å². The van der Waals surface area contributed by atoms with Crippen molar-refractivity contribution in [3.05, 3.63) is 78.1 Å². The summed E-state index contributed by atoms with van der Waals surface area (Å²) in [4.78, 5) is 14.8. The van der Waals surface area contributed by atoms with Crippen LogP contribution in [0.3, 0.4) is 0 Å². The molecule has 6 heteroatoms. The van der Waals surface area contributed by atoms with E-state index in [1.54, 1.807) is 24.2 Å². The number of morpholine rings is 1. The SMILES string of the molecule is COc1ccccc1-n1cc(C(=O)N2CCO[C@@H](c3ccccc3)C2)cn1. The highest BCUT2D eigenvalue weighted by Gasteiger charge is 2.27. The second kappa shape index (κ2) is 7.63. The van der Waals surface area contributed by atoms with E-state index in [9.17, 15) is 4.79 Å². The van der Waals surface area contributed by atoms with Crippen molar-refractivity contribution in [3.63, 3.8) is 0 Å². The van der Waals surface area contributed by atoms with Crippen LogP contribution >= 0.6 is 0 Å². The molecule has 1 saturated heterocycles. The molecule has 1 fully saturated rings. The van der Waals surface area contributed by atoms with Crippen LogP contribution in [0.4, 0.5) is 0 Å². The molecule has 0 aliphatic carbocycles. The molecular formula is C21H21N3O3.